The van der Waals surface area contributed by atoms with Crippen LogP contribution in [0.5, 0.6) is 5.75 Å². The second kappa shape index (κ2) is 11.1. The standard InChI is InChI=1S/C27H29N5O4S2/c1-3-36-22-11-7-20(8-12-22)24-18-37-27(28-24)32-25(17-19(2)30-32)29-26(33)21-9-13-23(14-10-21)38(34,35)31-15-5-4-6-16-31/h7-14,17-18H,3-6,15-16H2,1-2H3,(H,29,33). The average molecular weight is 552 g/mol. The Balaban J connectivity index is 1.32. The molecule has 3 heterocycles. The number of ether oxygens (including phenoxy) is 1. The lowest BCUT2D eigenvalue weighted by Crippen LogP contribution is -2.35. The first-order valence-electron chi connectivity index (χ1n) is 12.5. The molecule has 1 aliphatic heterocycles. The molecule has 1 saturated heterocycles. The van der Waals surface area contributed by atoms with Crippen molar-refractivity contribution in [3.8, 4) is 22.1 Å². The Labute approximate surface area is 226 Å². The zero-order chi connectivity index (χ0) is 26.7. The van der Waals surface area contributed by atoms with Crippen molar-refractivity contribution in [1.82, 2.24) is 19.1 Å². The summed E-state index contributed by atoms with van der Waals surface area (Å²) in [5, 5.41) is 9.96. The van der Waals surface area contributed by atoms with Gasteiger partial charge in [-0.1, -0.05) is 6.42 Å². The number of amides is 1. The molecular formula is C27H29N5O4S2. The molecule has 4 aromatic rings. The van der Waals surface area contributed by atoms with Crippen molar-refractivity contribution >= 4 is 33.1 Å². The summed E-state index contributed by atoms with van der Waals surface area (Å²) >= 11 is 1.42. The molecule has 38 heavy (non-hydrogen) atoms. The summed E-state index contributed by atoms with van der Waals surface area (Å²) in [7, 11) is -3.56. The molecule has 5 rings (SSSR count). The number of carbonyl (C=O) groups is 1. The smallest absolute Gasteiger partial charge is 0.256 e. The van der Waals surface area contributed by atoms with Crippen molar-refractivity contribution in [3.05, 3.63) is 71.2 Å². The number of benzene rings is 2. The SMILES string of the molecule is CCOc1ccc(-c2csc(-n3nc(C)cc3NC(=O)c3ccc(S(=O)(=O)N4CCCCC4)cc3)n2)cc1. The van der Waals surface area contributed by atoms with E-state index in [1.54, 1.807) is 10.7 Å². The molecule has 1 fully saturated rings. The predicted octanol–water partition coefficient (Wildman–Crippen LogP) is 5.13. The minimum absolute atomic E-state index is 0.196. The molecule has 0 bridgehead atoms. The first kappa shape index (κ1) is 26.1. The Morgan fingerprint density at radius 3 is 2.45 bits per heavy atom. The number of sulfonamides is 1. The molecule has 1 N–H and O–H groups in total. The zero-order valence-electron chi connectivity index (χ0n) is 21.3. The van der Waals surface area contributed by atoms with Crippen LogP contribution in [0.15, 0.2) is 64.9 Å². The molecule has 0 aliphatic carbocycles. The second-order valence-electron chi connectivity index (χ2n) is 9.00. The number of nitrogens with one attached hydrogen (secondary N) is 1. The highest BCUT2D eigenvalue weighted by molar-refractivity contribution is 7.89. The van der Waals surface area contributed by atoms with Gasteiger partial charge < -0.3 is 10.1 Å². The molecule has 11 heteroatoms. The first-order chi connectivity index (χ1) is 18.3. The fourth-order valence-electron chi connectivity index (χ4n) is 4.34. The van der Waals surface area contributed by atoms with E-state index in [4.69, 9.17) is 9.72 Å². The maximum atomic E-state index is 13.0. The van der Waals surface area contributed by atoms with Crippen molar-refractivity contribution in [2.75, 3.05) is 25.0 Å². The number of thiazole rings is 1. The van der Waals surface area contributed by atoms with Crippen molar-refractivity contribution in [2.24, 2.45) is 0 Å². The van der Waals surface area contributed by atoms with Crippen LogP contribution < -0.4 is 10.1 Å². The maximum Gasteiger partial charge on any atom is 0.256 e. The largest absolute Gasteiger partial charge is 0.494 e. The Morgan fingerprint density at radius 2 is 1.76 bits per heavy atom. The summed E-state index contributed by atoms with van der Waals surface area (Å²) in [6.45, 7) is 5.46. The van der Waals surface area contributed by atoms with Crippen LogP contribution in [0.1, 0.15) is 42.2 Å². The lowest BCUT2D eigenvalue weighted by atomic mass is 10.2. The van der Waals surface area contributed by atoms with E-state index in [0.29, 0.717) is 36.2 Å². The third-order valence-electron chi connectivity index (χ3n) is 6.28. The average Bonchev–Trinajstić information content (AvgIpc) is 3.56. The van der Waals surface area contributed by atoms with E-state index in [0.717, 1.165) is 42.0 Å². The maximum absolute atomic E-state index is 13.0. The van der Waals surface area contributed by atoms with E-state index in [9.17, 15) is 13.2 Å². The summed E-state index contributed by atoms with van der Waals surface area (Å²) < 4.78 is 34.5. The molecular weight excluding hydrogens is 522 g/mol. The van der Waals surface area contributed by atoms with Crippen LogP contribution in [-0.2, 0) is 10.0 Å². The van der Waals surface area contributed by atoms with Gasteiger partial charge in [-0.05, 0) is 75.2 Å². The number of aryl methyl sites for hydroxylation is 1. The van der Waals surface area contributed by atoms with Gasteiger partial charge >= 0.3 is 0 Å². The van der Waals surface area contributed by atoms with Gasteiger partial charge in [0, 0.05) is 35.7 Å². The van der Waals surface area contributed by atoms with Crippen molar-refractivity contribution in [2.45, 2.75) is 38.0 Å². The van der Waals surface area contributed by atoms with Crippen molar-refractivity contribution < 1.29 is 17.9 Å². The molecule has 9 nitrogen and oxygen atoms in total. The lowest BCUT2D eigenvalue weighted by Gasteiger charge is -2.25. The Bertz CT molecular complexity index is 1520. The number of rotatable bonds is 8. The number of aromatic nitrogens is 3. The van der Waals surface area contributed by atoms with E-state index in [1.807, 2.05) is 43.5 Å². The third-order valence-corrected chi connectivity index (χ3v) is 9.01. The van der Waals surface area contributed by atoms with Crippen LogP contribution in [0.4, 0.5) is 5.82 Å². The van der Waals surface area contributed by atoms with Gasteiger partial charge in [-0.25, -0.2) is 13.4 Å². The summed E-state index contributed by atoms with van der Waals surface area (Å²) in [5.41, 5.74) is 2.82. The minimum atomic E-state index is -3.56. The van der Waals surface area contributed by atoms with Gasteiger partial charge in [0.1, 0.15) is 11.6 Å². The molecule has 0 unspecified atom stereocenters. The zero-order valence-corrected chi connectivity index (χ0v) is 22.9. The van der Waals surface area contributed by atoms with Crippen molar-refractivity contribution in [1.29, 1.82) is 0 Å². The van der Waals surface area contributed by atoms with Gasteiger partial charge in [0.25, 0.3) is 5.91 Å². The van der Waals surface area contributed by atoms with Gasteiger partial charge in [0.05, 0.1) is 22.9 Å². The molecule has 1 aliphatic rings. The van der Waals surface area contributed by atoms with Gasteiger partial charge in [-0.2, -0.15) is 14.1 Å². The van der Waals surface area contributed by atoms with Gasteiger partial charge in [-0.15, -0.1) is 11.3 Å². The van der Waals surface area contributed by atoms with Gasteiger partial charge in [0.15, 0.2) is 0 Å². The molecule has 0 spiro atoms. The molecule has 1 amide bonds. The third kappa shape index (κ3) is 5.50. The topological polar surface area (TPSA) is 106 Å². The highest BCUT2D eigenvalue weighted by Gasteiger charge is 2.26. The number of hydrogen-bond acceptors (Lipinski definition) is 7. The quantitative estimate of drug-likeness (QED) is 0.325. The molecule has 198 valence electrons. The monoisotopic (exact) mass is 551 g/mol. The van der Waals surface area contributed by atoms with E-state index in [2.05, 4.69) is 10.4 Å². The van der Waals surface area contributed by atoms with Crippen LogP contribution in [0.3, 0.4) is 0 Å². The van der Waals surface area contributed by atoms with E-state index in [-0.39, 0.29) is 10.8 Å². The Morgan fingerprint density at radius 1 is 1.05 bits per heavy atom. The second-order valence-corrected chi connectivity index (χ2v) is 11.8. The van der Waals surface area contributed by atoms with Crippen LogP contribution in [-0.4, -0.2) is 53.1 Å². The molecule has 0 atom stereocenters. The number of hydrogen-bond donors (Lipinski definition) is 1. The normalized spacial score (nSPS) is 14.4. The Kier molecular flexibility index (Phi) is 7.59. The number of carbonyl (C=O) groups excluding carboxylic acids is 1. The van der Waals surface area contributed by atoms with Crippen LogP contribution >= 0.6 is 11.3 Å². The lowest BCUT2D eigenvalue weighted by molar-refractivity contribution is 0.102. The van der Waals surface area contributed by atoms with Crippen LogP contribution in [0.25, 0.3) is 16.4 Å². The van der Waals surface area contributed by atoms with Crippen molar-refractivity contribution in [3.63, 3.8) is 0 Å². The minimum Gasteiger partial charge on any atom is -0.494 e. The van der Waals surface area contributed by atoms with E-state index >= 15 is 0 Å². The number of nitrogens with zero attached hydrogens (tertiary/aromatic N) is 4. The van der Waals surface area contributed by atoms with E-state index in [1.165, 1.54) is 39.9 Å². The Hall–Kier alpha value is -3.54. The fourth-order valence-corrected chi connectivity index (χ4v) is 6.65. The molecule has 0 saturated carbocycles. The highest BCUT2D eigenvalue weighted by atomic mass is 32.2. The van der Waals surface area contributed by atoms with Crippen LogP contribution in [0, 0.1) is 6.92 Å². The summed E-state index contributed by atoms with van der Waals surface area (Å²) in [4.78, 5) is 18.0. The predicted molar refractivity (Wildman–Crippen MR) is 148 cm³/mol. The van der Waals surface area contributed by atoms with Crippen LogP contribution in [0.2, 0.25) is 0 Å². The van der Waals surface area contributed by atoms with Gasteiger partial charge in [-0.3, -0.25) is 4.79 Å². The summed E-state index contributed by atoms with van der Waals surface area (Å²) in [5.74, 6) is 0.915. The fraction of sp³-hybridized carbons (Fsp3) is 0.296. The van der Waals surface area contributed by atoms with E-state index < -0.39 is 10.0 Å². The van der Waals surface area contributed by atoms with Gasteiger partial charge in [0.2, 0.25) is 15.2 Å². The molecule has 2 aromatic heterocycles. The molecule has 2 aromatic carbocycles. The first-order valence-corrected chi connectivity index (χ1v) is 14.8. The summed E-state index contributed by atoms with van der Waals surface area (Å²) in [6.07, 6.45) is 2.78. The highest BCUT2D eigenvalue weighted by Crippen LogP contribution is 2.28. The summed E-state index contributed by atoms with van der Waals surface area (Å²) in [6, 6.07) is 15.5. The number of piperidine rings is 1. The number of anilines is 1. The molecule has 0 radical (unpaired) electrons.